The lowest BCUT2D eigenvalue weighted by molar-refractivity contribution is 0.420. The summed E-state index contributed by atoms with van der Waals surface area (Å²) in [6.07, 6.45) is 3.22. The van der Waals surface area contributed by atoms with Crippen LogP contribution in [-0.2, 0) is 13.0 Å². The van der Waals surface area contributed by atoms with E-state index in [1.165, 1.54) is 15.8 Å². The number of hydrogen-bond donors (Lipinski definition) is 0. The summed E-state index contributed by atoms with van der Waals surface area (Å²) in [7, 11) is 1.72. The van der Waals surface area contributed by atoms with Crippen LogP contribution in [0, 0.1) is 0 Å². The number of aryl methyl sites for hydroxylation is 2. The molecule has 0 aliphatic carbocycles. The SMILES string of the molecule is COc1cccc2c1ccn2CCc1cccs1. The van der Waals surface area contributed by atoms with Crippen LogP contribution in [-0.4, -0.2) is 11.7 Å². The van der Waals surface area contributed by atoms with E-state index >= 15 is 0 Å². The monoisotopic (exact) mass is 257 g/mol. The molecule has 0 bridgehead atoms. The third-order valence-electron chi connectivity index (χ3n) is 3.17. The number of aromatic nitrogens is 1. The highest BCUT2D eigenvalue weighted by atomic mass is 32.1. The molecule has 3 rings (SSSR count). The van der Waals surface area contributed by atoms with Crippen LogP contribution in [0.25, 0.3) is 10.9 Å². The number of methoxy groups -OCH3 is 1. The Morgan fingerprint density at radius 1 is 1.17 bits per heavy atom. The van der Waals surface area contributed by atoms with E-state index < -0.39 is 0 Å². The molecular weight excluding hydrogens is 242 g/mol. The summed E-state index contributed by atoms with van der Waals surface area (Å²) >= 11 is 1.82. The largest absolute Gasteiger partial charge is 0.496 e. The lowest BCUT2D eigenvalue weighted by atomic mass is 10.2. The predicted octanol–water partition coefficient (Wildman–Crippen LogP) is 3.95. The Hall–Kier alpha value is -1.74. The van der Waals surface area contributed by atoms with Crippen molar-refractivity contribution >= 4 is 22.2 Å². The first-order valence-corrected chi connectivity index (χ1v) is 6.90. The Balaban J connectivity index is 1.88. The zero-order valence-corrected chi connectivity index (χ0v) is 11.1. The van der Waals surface area contributed by atoms with Gasteiger partial charge in [-0.05, 0) is 36.1 Å². The van der Waals surface area contributed by atoms with Crippen molar-refractivity contribution in [2.24, 2.45) is 0 Å². The van der Waals surface area contributed by atoms with Crippen molar-refractivity contribution in [1.82, 2.24) is 4.57 Å². The van der Waals surface area contributed by atoms with Gasteiger partial charge < -0.3 is 9.30 Å². The van der Waals surface area contributed by atoms with Gasteiger partial charge in [0.2, 0.25) is 0 Å². The summed E-state index contributed by atoms with van der Waals surface area (Å²) in [5.74, 6) is 0.947. The highest BCUT2D eigenvalue weighted by Crippen LogP contribution is 2.26. The van der Waals surface area contributed by atoms with Gasteiger partial charge in [0, 0.05) is 23.0 Å². The molecule has 3 aromatic rings. The van der Waals surface area contributed by atoms with Crippen LogP contribution in [0.3, 0.4) is 0 Å². The number of benzene rings is 1. The predicted molar refractivity (Wildman–Crippen MR) is 76.5 cm³/mol. The third-order valence-corrected chi connectivity index (χ3v) is 4.11. The van der Waals surface area contributed by atoms with Crippen LogP contribution in [0.1, 0.15) is 4.88 Å². The number of ether oxygens (including phenoxy) is 1. The molecule has 0 unspecified atom stereocenters. The summed E-state index contributed by atoms with van der Waals surface area (Å²) < 4.78 is 7.67. The second-order valence-corrected chi connectivity index (χ2v) is 5.26. The average Bonchev–Trinajstić information content (AvgIpc) is 3.05. The van der Waals surface area contributed by atoms with Gasteiger partial charge in [-0.3, -0.25) is 0 Å². The molecule has 2 nitrogen and oxygen atoms in total. The van der Waals surface area contributed by atoms with Gasteiger partial charge in [-0.1, -0.05) is 12.1 Å². The minimum Gasteiger partial charge on any atom is -0.496 e. The van der Waals surface area contributed by atoms with Gasteiger partial charge in [0.25, 0.3) is 0 Å². The average molecular weight is 257 g/mol. The molecule has 2 heterocycles. The van der Waals surface area contributed by atoms with E-state index in [0.717, 1.165) is 18.7 Å². The van der Waals surface area contributed by atoms with Crippen LogP contribution >= 0.6 is 11.3 Å². The smallest absolute Gasteiger partial charge is 0.128 e. The fourth-order valence-corrected chi connectivity index (χ4v) is 2.95. The summed E-state index contributed by atoms with van der Waals surface area (Å²) in [6, 6.07) is 12.6. The summed E-state index contributed by atoms with van der Waals surface area (Å²) in [4.78, 5) is 1.43. The second-order valence-electron chi connectivity index (χ2n) is 4.23. The maximum absolute atomic E-state index is 5.38. The highest BCUT2D eigenvalue weighted by molar-refractivity contribution is 7.09. The highest BCUT2D eigenvalue weighted by Gasteiger charge is 2.05. The second kappa shape index (κ2) is 4.86. The van der Waals surface area contributed by atoms with Crippen LogP contribution < -0.4 is 4.74 Å². The van der Waals surface area contributed by atoms with Crippen molar-refractivity contribution in [2.45, 2.75) is 13.0 Å². The van der Waals surface area contributed by atoms with Crippen LogP contribution in [0.5, 0.6) is 5.75 Å². The molecule has 0 aliphatic rings. The Labute approximate surface area is 110 Å². The maximum atomic E-state index is 5.38. The van der Waals surface area contributed by atoms with Gasteiger partial charge in [0.1, 0.15) is 5.75 Å². The molecule has 0 radical (unpaired) electrons. The summed E-state index contributed by atoms with van der Waals surface area (Å²) in [5.41, 5.74) is 1.24. The molecule has 0 fully saturated rings. The van der Waals surface area contributed by atoms with E-state index in [0.29, 0.717) is 0 Å². The van der Waals surface area contributed by atoms with E-state index in [2.05, 4.69) is 40.4 Å². The lowest BCUT2D eigenvalue weighted by Gasteiger charge is -2.06. The first kappa shape index (κ1) is 11.4. The molecule has 0 amide bonds. The zero-order chi connectivity index (χ0) is 12.4. The van der Waals surface area contributed by atoms with Gasteiger partial charge in [-0.15, -0.1) is 11.3 Å². The van der Waals surface area contributed by atoms with Crippen molar-refractivity contribution in [1.29, 1.82) is 0 Å². The summed E-state index contributed by atoms with van der Waals surface area (Å²) in [6.45, 7) is 1.01. The molecule has 0 N–H and O–H groups in total. The Bertz CT molecular complexity index is 640. The Morgan fingerprint density at radius 2 is 2.11 bits per heavy atom. The topological polar surface area (TPSA) is 14.2 Å². The number of fused-ring (bicyclic) bond motifs is 1. The van der Waals surface area contributed by atoms with E-state index in [-0.39, 0.29) is 0 Å². The number of thiophene rings is 1. The van der Waals surface area contributed by atoms with Gasteiger partial charge in [-0.2, -0.15) is 0 Å². The zero-order valence-electron chi connectivity index (χ0n) is 10.3. The number of hydrogen-bond acceptors (Lipinski definition) is 2. The van der Waals surface area contributed by atoms with Crippen LogP contribution in [0.2, 0.25) is 0 Å². The van der Waals surface area contributed by atoms with Gasteiger partial charge in [0.15, 0.2) is 0 Å². The maximum Gasteiger partial charge on any atom is 0.128 e. The molecule has 0 atom stereocenters. The molecule has 18 heavy (non-hydrogen) atoms. The van der Waals surface area contributed by atoms with E-state index in [9.17, 15) is 0 Å². The quantitative estimate of drug-likeness (QED) is 0.690. The third kappa shape index (κ3) is 2.02. The molecule has 2 aromatic heterocycles. The summed E-state index contributed by atoms with van der Waals surface area (Å²) in [5, 5.41) is 3.32. The molecule has 1 aromatic carbocycles. The Kier molecular flexibility index (Phi) is 3.07. The molecule has 0 aliphatic heterocycles. The standard InChI is InChI=1S/C15H15NOS/c1-17-15-6-2-5-14-13(15)8-10-16(14)9-7-12-4-3-11-18-12/h2-6,8,10-11H,7,9H2,1H3. The van der Waals surface area contributed by atoms with E-state index in [4.69, 9.17) is 4.74 Å². The van der Waals surface area contributed by atoms with Crippen molar-refractivity contribution < 1.29 is 4.74 Å². The molecule has 0 saturated heterocycles. The molecule has 0 saturated carbocycles. The van der Waals surface area contributed by atoms with Crippen molar-refractivity contribution in [2.75, 3.05) is 7.11 Å². The number of nitrogens with zero attached hydrogens (tertiary/aromatic N) is 1. The number of rotatable bonds is 4. The lowest BCUT2D eigenvalue weighted by Crippen LogP contribution is -1.98. The van der Waals surface area contributed by atoms with Crippen molar-refractivity contribution in [3.8, 4) is 5.75 Å². The van der Waals surface area contributed by atoms with Gasteiger partial charge in [0.05, 0.1) is 12.6 Å². The van der Waals surface area contributed by atoms with Crippen LogP contribution in [0.15, 0.2) is 48.0 Å². The van der Waals surface area contributed by atoms with E-state index in [1.54, 1.807) is 7.11 Å². The van der Waals surface area contributed by atoms with Crippen molar-refractivity contribution in [3.05, 3.63) is 52.9 Å². The minimum absolute atomic E-state index is 0.947. The molecular formula is C15H15NOS. The van der Waals surface area contributed by atoms with Crippen LogP contribution in [0.4, 0.5) is 0 Å². The fraction of sp³-hybridized carbons (Fsp3) is 0.200. The first-order chi connectivity index (χ1) is 8.88. The fourth-order valence-electron chi connectivity index (χ4n) is 2.25. The minimum atomic E-state index is 0.947. The first-order valence-electron chi connectivity index (χ1n) is 6.03. The van der Waals surface area contributed by atoms with Crippen molar-refractivity contribution in [3.63, 3.8) is 0 Å². The molecule has 92 valence electrons. The Morgan fingerprint density at radius 3 is 2.89 bits per heavy atom. The normalized spacial score (nSPS) is 10.9. The van der Waals surface area contributed by atoms with Gasteiger partial charge in [-0.25, -0.2) is 0 Å². The van der Waals surface area contributed by atoms with Gasteiger partial charge >= 0.3 is 0 Å². The molecule has 0 spiro atoms. The van der Waals surface area contributed by atoms with E-state index in [1.807, 2.05) is 23.5 Å². The molecule has 3 heteroatoms.